The second-order valence-electron chi connectivity index (χ2n) is 6.35. The third kappa shape index (κ3) is 3.84. The van der Waals surface area contributed by atoms with E-state index in [1.807, 2.05) is 12.1 Å². The second kappa shape index (κ2) is 8.07. The van der Waals surface area contributed by atoms with Gasteiger partial charge in [0.1, 0.15) is 17.6 Å². The number of hydrogen-bond donors (Lipinski definition) is 1. The average molecular weight is 523 g/mol. The lowest BCUT2D eigenvalue weighted by Gasteiger charge is -2.28. The minimum Gasteiger partial charge on any atom is -0.496 e. The standard InChI is InChI=1S/C20H15FIN3O3S/c1-28-16-5-3-12(21)8-15(16)17(18(26)24-20-23-6-7-29-20)25-10-11-2-4-13(22)9-14(11)19(25)27/h2-9,17H,10H2,1H3,(H,23,24,26)/t17-/m1/s1. The van der Waals surface area contributed by atoms with E-state index >= 15 is 0 Å². The largest absolute Gasteiger partial charge is 0.496 e. The van der Waals surface area contributed by atoms with Gasteiger partial charge in [-0.2, -0.15) is 0 Å². The molecule has 0 saturated heterocycles. The van der Waals surface area contributed by atoms with E-state index in [4.69, 9.17) is 4.74 Å². The number of aromatic nitrogens is 1. The number of anilines is 1. The maximum atomic E-state index is 14.1. The number of halogens is 2. The number of rotatable bonds is 5. The van der Waals surface area contributed by atoms with Gasteiger partial charge in [0.05, 0.1) is 7.11 Å². The van der Waals surface area contributed by atoms with Crippen molar-refractivity contribution in [3.05, 3.63) is 74.1 Å². The van der Waals surface area contributed by atoms with Crippen LogP contribution in [0.1, 0.15) is 27.5 Å². The highest BCUT2D eigenvalue weighted by Crippen LogP contribution is 2.37. The zero-order chi connectivity index (χ0) is 20.5. The molecule has 2 heterocycles. The highest BCUT2D eigenvalue weighted by molar-refractivity contribution is 14.1. The molecule has 0 fully saturated rings. The Labute approximate surface area is 183 Å². The zero-order valence-corrected chi connectivity index (χ0v) is 18.2. The maximum Gasteiger partial charge on any atom is 0.255 e. The molecule has 1 atom stereocenters. The van der Waals surface area contributed by atoms with E-state index in [1.54, 1.807) is 17.6 Å². The van der Waals surface area contributed by atoms with Crippen molar-refractivity contribution < 1.29 is 18.7 Å². The summed E-state index contributed by atoms with van der Waals surface area (Å²) in [6, 6.07) is 8.41. The second-order valence-corrected chi connectivity index (χ2v) is 8.49. The maximum absolute atomic E-state index is 14.1. The fraction of sp³-hybridized carbons (Fsp3) is 0.150. The van der Waals surface area contributed by atoms with Crippen LogP contribution in [0.4, 0.5) is 9.52 Å². The molecular formula is C20H15FIN3O3S. The first-order valence-corrected chi connectivity index (χ1v) is 10.6. The molecular weight excluding hydrogens is 508 g/mol. The van der Waals surface area contributed by atoms with Crippen LogP contribution < -0.4 is 10.1 Å². The van der Waals surface area contributed by atoms with Crippen LogP contribution in [-0.4, -0.2) is 28.8 Å². The minimum atomic E-state index is -1.08. The number of amides is 2. The lowest BCUT2D eigenvalue weighted by Crippen LogP contribution is -2.37. The van der Waals surface area contributed by atoms with Crippen LogP contribution in [0.3, 0.4) is 0 Å². The van der Waals surface area contributed by atoms with Crippen LogP contribution in [-0.2, 0) is 11.3 Å². The molecule has 1 N–H and O–H groups in total. The number of nitrogens with one attached hydrogen (secondary N) is 1. The summed E-state index contributed by atoms with van der Waals surface area (Å²) < 4.78 is 20.4. The summed E-state index contributed by atoms with van der Waals surface area (Å²) in [5, 5.41) is 4.85. The van der Waals surface area contributed by atoms with Gasteiger partial charge >= 0.3 is 0 Å². The Morgan fingerprint density at radius 2 is 2.17 bits per heavy atom. The molecule has 0 bridgehead atoms. The number of hydrogen-bond acceptors (Lipinski definition) is 5. The van der Waals surface area contributed by atoms with Crippen molar-refractivity contribution in [3.8, 4) is 5.75 Å². The van der Waals surface area contributed by atoms with Gasteiger partial charge in [-0.25, -0.2) is 9.37 Å². The van der Waals surface area contributed by atoms with Crippen LogP contribution in [0, 0.1) is 9.39 Å². The molecule has 2 amide bonds. The molecule has 0 unspecified atom stereocenters. The number of nitrogens with zero attached hydrogens (tertiary/aromatic N) is 2. The van der Waals surface area contributed by atoms with E-state index in [-0.39, 0.29) is 18.0 Å². The molecule has 1 aromatic heterocycles. The molecule has 2 aromatic carbocycles. The first kappa shape index (κ1) is 19.8. The monoisotopic (exact) mass is 523 g/mol. The van der Waals surface area contributed by atoms with Crippen LogP contribution >= 0.6 is 33.9 Å². The molecule has 3 aromatic rings. The summed E-state index contributed by atoms with van der Waals surface area (Å²) in [5.74, 6) is -0.973. The van der Waals surface area contributed by atoms with Gasteiger partial charge in [-0.3, -0.25) is 14.9 Å². The SMILES string of the molecule is COc1ccc(F)cc1[C@H](C(=O)Nc1nccs1)N1Cc2ccc(I)cc2C1=O. The Morgan fingerprint density at radius 1 is 1.34 bits per heavy atom. The summed E-state index contributed by atoms with van der Waals surface area (Å²) in [6.07, 6.45) is 1.57. The number of benzene rings is 2. The van der Waals surface area contributed by atoms with Crippen LogP contribution in [0.2, 0.25) is 0 Å². The first-order valence-electron chi connectivity index (χ1n) is 8.61. The van der Waals surface area contributed by atoms with E-state index in [0.717, 1.165) is 9.13 Å². The number of ether oxygens (including phenoxy) is 1. The third-order valence-electron chi connectivity index (χ3n) is 4.61. The number of carbonyl (C=O) groups is 2. The van der Waals surface area contributed by atoms with Gasteiger partial charge in [0.25, 0.3) is 11.8 Å². The van der Waals surface area contributed by atoms with E-state index < -0.39 is 17.8 Å². The van der Waals surface area contributed by atoms with E-state index in [9.17, 15) is 14.0 Å². The lowest BCUT2D eigenvalue weighted by molar-refractivity contribution is -0.120. The van der Waals surface area contributed by atoms with Crippen molar-refractivity contribution in [2.45, 2.75) is 12.6 Å². The van der Waals surface area contributed by atoms with Crippen molar-refractivity contribution in [1.29, 1.82) is 0 Å². The van der Waals surface area contributed by atoms with E-state index in [1.165, 1.54) is 41.5 Å². The van der Waals surface area contributed by atoms with Gasteiger partial charge in [0.15, 0.2) is 5.13 Å². The van der Waals surface area contributed by atoms with Gasteiger partial charge in [0.2, 0.25) is 0 Å². The van der Waals surface area contributed by atoms with Crippen LogP contribution in [0.5, 0.6) is 5.75 Å². The van der Waals surface area contributed by atoms with Crippen molar-refractivity contribution in [1.82, 2.24) is 9.88 Å². The normalized spacial score (nSPS) is 13.9. The topological polar surface area (TPSA) is 71.5 Å². The third-order valence-corrected chi connectivity index (χ3v) is 5.97. The highest BCUT2D eigenvalue weighted by Gasteiger charge is 2.39. The van der Waals surface area contributed by atoms with Crippen molar-refractivity contribution in [2.75, 3.05) is 12.4 Å². The minimum absolute atomic E-state index is 0.237. The molecule has 1 aliphatic rings. The molecule has 148 valence electrons. The summed E-state index contributed by atoms with van der Waals surface area (Å²) in [7, 11) is 1.44. The molecule has 0 spiro atoms. The summed E-state index contributed by atoms with van der Waals surface area (Å²) in [6.45, 7) is 0.237. The molecule has 9 heteroatoms. The Morgan fingerprint density at radius 3 is 2.90 bits per heavy atom. The van der Waals surface area contributed by atoms with Gasteiger partial charge in [-0.1, -0.05) is 6.07 Å². The quantitative estimate of drug-likeness (QED) is 0.509. The van der Waals surface area contributed by atoms with E-state index in [0.29, 0.717) is 16.4 Å². The summed E-state index contributed by atoms with van der Waals surface area (Å²) in [5.41, 5.74) is 1.63. The van der Waals surface area contributed by atoms with Gasteiger partial charge < -0.3 is 9.64 Å². The van der Waals surface area contributed by atoms with Gasteiger partial charge in [-0.05, 0) is 58.5 Å². The van der Waals surface area contributed by atoms with Gasteiger partial charge in [0, 0.05) is 32.8 Å². The van der Waals surface area contributed by atoms with Crippen LogP contribution in [0.15, 0.2) is 48.0 Å². The molecule has 4 rings (SSSR count). The Hall–Kier alpha value is -2.53. The first-order chi connectivity index (χ1) is 14.0. The Kier molecular flexibility index (Phi) is 5.50. The number of fused-ring (bicyclic) bond motifs is 1. The predicted octanol–water partition coefficient (Wildman–Crippen LogP) is 4.23. The lowest BCUT2D eigenvalue weighted by atomic mass is 10.0. The highest BCUT2D eigenvalue weighted by atomic mass is 127. The zero-order valence-electron chi connectivity index (χ0n) is 15.2. The van der Waals surface area contributed by atoms with Gasteiger partial charge in [-0.15, -0.1) is 11.3 Å². The molecule has 1 aliphatic heterocycles. The molecule has 29 heavy (non-hydrogen) atoms. The van der Waals surface area contributed by atoms with Crippen molar-refractivity contribution >= 4 is 50.9 Å². The molecule has 0 saturated carbocycles. The number of carbonyl (C=O) groups excluding carboxylic acids is 2. The number of methoxy groups -OCH3 is 1. The van der Waals surface area contributed by atoms with E-state index in [2.05, 4.69) is 32.9 Å². The molecule has 0 radical (unpaired) electrons. The fourth-order valence-electron chi connectivity index (χ4n) is 3.33. The Balaban J connectivity index is 1.78. The van der Waals surface area contributed by atoms with Crippen molar-refractivity contribution in [2.24, 2.45) is 0 Å². The van der Waals surface area contributed by atoms with Crippen LogP contribution in [0.25, 0.3) is 0 Å². The predicted molar refractivity (Wildman–Crippen MR) is 115 cm³/mol. The fourth-order valence-corrected chi connectivity index (χ4v) is 4.36. The summed E-state index contributed by atoms with van der Waals surface area (Å²) in [4.78, 5) is 31.9. The molecule has 6 nitrogen and oxygen atoms in total. The summed E-state index contributed by atoms with van der Waals surface area (Å²) >= 11 is 3.39. The smallest absolute Gasteiger partial charge is 0.255 e. The average Bonchev–Trinajstić information content (AvgIpc) is 3.31. The number of thiazole rings is 1. The Bertz CT molecular complexity index is 1090. The van der Waals surface area contributed by atoms with Crippen molar-refractivity contribution in [3.63, 3.8) is 0 Å². The molecule has 0 aliphatic carbocycles.